The summed E-state index contributed by atoms with van der Waals surface area (Å²) in [7, 11) is 1.78. The van der Waals surface area contributed by atoms with Crippen LogP contribution in [0, 0.1) is 0 Å². The molecule has 18 heavy (non-hydrogen) atoms. The van der Waals surface area contributed by atoms with E-state index in [0.29, 0.717) is 5.92 Å². The number of rotatable bonds is 4. The van der Waals surface area contributed by atoms with Gasteiger partial charge in [-0.05, 0) is 36.4 Å². The van der Waals surface area contributed by atoms with Crippen molar-refractivity contribution in [2.45, 2.75) is 38.0 Å². The van der Waals surface area contributed by atoms with Crippen LogP contribution < -0.4 is 5.32 Å². The highest BCUT2D eigenvalue weighted by Crippen LogP contribution is 2.33. The Labute approximate surface area is 111 Å². The first-order valence-corrected chi connectivity index (χ1v) is 6.94. The molecule has 0 aromatic heterocycles. The molecule has 1 N–H and O–H groups in total. The standard InChI is InChI=1S/C16H25NO/c1-16(2,12-18-3)15-9-5-4-8-14(15)13-7-6-10-17-11-13/h4-5,8-9,13,17H,6-7,10-12H2,1-3H3. The first-order valence-electron chi connectivity index (χ1n) is 6.94. The van der Waals surface area contributed by atoms with Crippen molar-refractivity contribution in [2.24, 2.45) is 0 Å². The third-order valence-corrected chi connectivity index (χ3v) is 3.93. The van der Waals surface area contributed by atoms with E-state index in [9.17, 15) is 0 Å². The van der Waals surface area contributed by atoms with E-state index in [1.165, 1.54) is 30.5 Å². The lowest BCUT2D eigenvalue weighted by Crippen LogP contribution is -2.31. The number of nitrogens with one attached hydrogen (secondary N) is 1. The molecular weight excluding hydrogens is 222 g/mol. The van der Waals surface area contributed by atoms with Crippen LogP contribution >= 0.6 is 0 Å². The van der Waals surface area contributed by atoms with E-state index in [-0.39, 0.29) is 5.41 Å². The zero-order valence-corrected chi connectivity index (χ0v) is 11.8. The number of ether oxygens (including phenoxy) is 1. The van der Waals surface area contributed by atoms with Gasteiger partial charge in [0.25, 0.3) is 0 Å². The summed E-state index contributed by atoms with van der Waals surface area (Å²) in [6.45, 7) is 7.58. The van der Waals surface area contributed by atoms with Crippen LogP contribution in [0.4, 0.5) is 0 Å². The zero-order chi connectivity index (χ0) is 13.0. The van der Waals surface area contributed by atoms with E-state index >= 15 is 0 Å². The Hall–Kier alpha value is -0.860. The van der Waals surface area contributed by atoms with Crippen LogP contribution in [-0.4, -0.2) is 26.8 Å². The predicted octanol–water partition coefficient (Wildman–Crippen LogP) is 3.08. The van der Waals surface area contributed by atoms with Crippen molar-refractivity contribution in [2.75, 3.05) is 26.8 Å². The van der Waals surface area contributed by atoms with Crippen molar-refractivity contribution >= 4 is 0 Å². The monoisotopic (exact) mass is 247 g/mol. The van der Waals surface area contributed by atoms with Crippen LogP contribution in [0.2, 0.25) is 0 Å². The Morgan fingerprint density at radius 2 is 2.11 bits per heavy atom. The smallest absolute Gasteiger partial charge is 0.0553 e. The highest BCUT2D eigenvalue weighted by molar-refractivity contribution is 5.36. The molecule has 100 valence electrons. The molecule has 1 heterocycles. The van der Waals surface area contributed by atoms with E-state index in [2.05, 4.69) is 43.4 Å². The molecule has 1 fully saturated rings. The minimum atomic E-state index is 0.0861. The molecule has 1 aliphatic heterocycles. The number of hydrogen-bond donors (Lipinski definition) is 1. The molecule has 0 amide bonds. The molecule has 1 aliphatic rings. The molecule has 0 radical (unpaired) electrons. The van der Waals surface area contributed by atoms with Crippen molar-refractivity contribution in [1.82, 2.24) is 5.32 Å². The number of hydrogen-bond acceptors (Lipinski definition) is 2. The van der Waals surface area contributed by atoms with Gasteiger partial charge in [0.1, 0.15) is 0 Å². The minimum Gasteiger partial charge on any atom is -0.384 e. The normalized spacial score (nSPS) is 20.9. The fraction of sp³-hybridized carbons (Fsp3) is 0.625. The van der Waals surface area contributed by atoms with Crippen molar-refractivity contribution in [3.63, 3.8) is 0 Å². The summed E-state index contributed by atoms with van der Waals surface area (Å²) < 4.78 is 5.39. The second-order valence-electron chi connectivity index (χ2n) is 5.95. The van der Waals surface area contributed by atoms with E-state index in [1.54, 1.807) is 7.11 Å². The lowest BCUT2D eigenvalue weighted by molar-refractivity contribution is 0.146. The van der Waals surface area contributed by atoms with Gasteiger partial charge in [-0.3, -0.25) is 0 Å². The fourth-order valence-electron chi connectivity index (χ4n) is 3.03. The van der Waals surface area contributed by atoms with Gasteiger partial charge >= 0.3 is 0 Å². The molecule has 0 spiro atoms. The maximum Gasteiger partial charge on any atom is 0.0553 e. The first kappa shape index (κ1) is 13.6. The van der Waals surface area contributed by atoms with Gasteiger partial charge in [-0.2, -0.15) is 0 Å². The van der Waals surface area contributed by atoms with Gasteiger partial charge in [0, 0.05) is 19.1 Å². The lowest BCUT2D eigenvalue weighted by Gasteiger charge is -2.32. The summed E-state index contributed by atoms with van der Waals surface area (Å²) in [5.41, 5.74) is 3.04. The predicted molar refractivity (Wildman–Crippen MR) is 76.2 cm³/mol. The molecule has 1 unspecified atom stereocenters. The fourth-order valence-corrected chi connectivity index (χ4v) is 3.03. The molecule has 1 atom stereocenters. The molecular formula is C16H25NO. The average Bonchev–Trinajstić information content (AvgIpc) is 2.40. The van der Waals surface area contributed by atoms with Gasteiger partial charge < -0.3 is 10.1 Å². The molecule has 1 aromatic carbocycles. The molecule has 2 rings (SSSR count). The Bertz CT molecular complexity index is 380. The molecule has 1 aromatic rings. The Morgan fingerprint density at radius 3 is 2.78 bits per heavy atom. The Kier molecular flexibility index (Phi) is 4.41. The number of benzene rings is 1. The van der Waals surface area contributed by atoms with E-state index in [0.717, 1.165) is 13.2 Å². The largest absolute Gasteiger partial charge is 0.384 e. The molecule has 2 heteroatoms. The van der Waals surface area contributed by atoms with Gasteiger partial charge in [0.2, 0.25) is 0 Å². The van der Waals surface area contributed by atoms with E-state index < -0.39 is 0 Å². The summed E-state index contributed by atoms with van der Waals surface area (Å²) in [4.78, 5) is 0. The molecule has 0 aliphatic carbocycles. The number of piperidine rings is 1. The topological polar surface area (TPSA) is 21.3 Å². The maximum atomic E-state index is 5.39. The molecule has 1 saturated heterocycles. The van der Waals surface area contributed by atoms with Crippen LogP contribution in [0.25, 0.3) is 0 Å². The van der Waals surface area contributed by atoms with Gasteiger partial charge in [-0.25, -0.2) is 0 Å². The second kappa shape index (κ2) is 5.85. The van der Waals surface area contributed by atoms with Crippen molar-refractivity contribution in [3.8, 4) is 0 Å². The van der Waals surface area contributed by atoms with Crippen LogP contribution in [0.15, 0.2) is 24.3 Å². The third kappa shape index (κ3) is 2.93. The Balaban J connectivity index is 2.29. The molecule has 2 nitrogen and oxygen atoms in total. The van der Waals surface area contributed by atoms with E-state index in [1.807, 2.05) is 0 Å². The van der Waals surface area contributed by atoms with E-state index in [4.69, 9.17) is 4.74 Å². The minimum absolute atomic E-state index is 0.0861. The highest BCUT2D eigenvalue weighted by Gasteiger charge is 2.27. The summed E-state index contributed by atoms with van der Waals surface area (Å²) in [6.07, 6.45) is 2.58. The lowest BCUT2D eigenvalue weighted by atomic mass is 9.77. The third-order valence-electron chi connectivity index (χ3n) is 3.93. The average molecular weight is 247 g/mol. The van der Waals surface area contributed by atoms with Gasteiger partial charge in [-0.1, -0.05) is 38.1 Å². The summed E-state index contributed by atoms with van der Waals surface area (Å²) in [5.74, 6) is 0.658. The van der Waals surface area contributed by atoms with Crippen molar-refractivity contribution < 1.29 is 4.74 Å². The first-order chi connectivity index (χ1) is 8.65. The van der Waals surface area contributed by atoms with Crippen molar-refractivity contribution in [1.29, 1.82) is 0 Å². The Morgan fingerprint density at radius 1 is 1.33 bits per heavy atom. The van der Waals surface area contributed by atoms with Crippen LogP contribution in [-0.2, 0) is 10.2 Å². The molecule has 0 bridgehead atoms. The maximum absolute atomic E-state index is 5.39. The number of methoxy groups -OCH3 is 1. The van der Waals surface area contributed by atoms with Crippen molar-refractivity contribution in [3.05, 3.63) is 35.4 Å². The van der Waals surface area contributed by atoms with Gasteiger partial charge in [-0.15, -0.1) is 0 Å². The van der Waals surface area contributed by atoms with Crippen LogP contribution in [0.1, 0.15) is 43.7 Å². The second-order valence-corrected chi connectivity index (χ2v) is 5.95. The highest BCUT2D eigenvalue weighted by atomic mass is 16.5. The SMILES string of the molecule is COCC(C)(C)c1ccccc1C1CCCNC1. The van der Waals surface area contributed by atoms with Gasteiger partial charge in [0.15, 0.2) is 0 Å². The summed E-state index contributed by atoms with van der Waals surface area (Å²) in [5, 5.41) is 3.51. The van der Waals surface area contributed by atoms with Crippen LogP contribution in [0.5, 0.6) is 0 Å². The zero-order valence-electron chi connectivity index (χ0n) is 11.8. The van der Waals surface area contributed by atoms with Crippen LogP contribution in [0.3, 0.4) is 0 Å². The molecule has 0 saturated carbocycles. The quantitative estimate of drug-likeness (QED) is 0.883. The summed E-state index contributed by atoms with van der Waals surface area (Å²) >= 11 is 0. The summed E-state index contributed by atoms with van der Waals surface area (Å²) in [6, 6.07) is 8.87. The van der Waals surface area contributed by atoms with Gasteiger partial charge in [0.05, 0.1) is 6.61 Å².